The van der Waals surface area contributed by atoms with E-state index in [2.05, 4.69) is 38.9 Å². The van der Waals surface area contributed by atoms with Crippen molar-refractivity contribution in [2.75, 3.05) is 26.4 Å². The first-order valence-corrected chi connectivity index (χ1v) is 12.6. The summed E-state index contributed by atoms with van der Waals surface area (Å²) in [5.74, 6) is 0.745. The molecule has 2 N–H and O–H groups in total. The van der Waals surface area contributed by atoms with Crippen molar-refractivity contribution < 1.29 is 8.42 Å². The third-order valence-corrected chi connectivity index (χ3v) is 7.63. The Kier molecular flexibility index (Phi) is 6.97. The van der Waals surface area contributed by atoms with Gasteiger partial charge in [0.05, 0.1) is 4.90 Å². The molecule has 1 aromatic carbocycles. The fraction of sp³-hybridized carbons (Fsp3) is 0.476. The number of hydrogen-bond donors (Lipinski definition) is 2. The molecule has 0 amide bonds. The molecule has 3 rings (SSSR count). The quantitative estimate of drug-likeness (QED) is 0.540. The van der Waals surface area contributed by atoms with Crippen LogP contribution in [0.25, 0.3) is 0 Å². The van der Waals surface area contributed by atoms with Gasteiger partial charge >= 0.3 is 0 Å². The maximum Gasteiger partial charge on any atom is 0.191 e. The molecule has 6 nitrogen and oxygen atoms in total. The van der Waals surface area contributed by atoms with E-state index >= 15 is 0 Å². The second-order valence-electron chi connectivity index (χ2n) is 7.62. The third-order valence-electron chi connectivity index (χ3n) is 5.35. The molecule has 0 bridgehead atoms. The first kappa shape index (κ1) is 21.8. The van der Waals surface area contributed by atoms with Gasteiger partial charge in [-0.25, -0.2) is 8.42 Å². The molecular weight excluding hydrogens is 404 g/mol. The fourth-order valence-corrected chi connectivity index (χ4v) is 5.51. The van der Waals surface area contributed by atoms with Gasteiger partial charge in [-0.3, -0.25) is 9.89 Å². The van der Waals surface area contributed by atoms with Crippen molar-refractivity contribution in [2.45, 2.75) is 44.3 Å². The molecule has 0 radical (unpaired) electrons. The number of fused-ring (bicyclic) bond motifs is 1. The van der Waals surface area contributed by atoms with Crippen LogP contribution in [-0.4, -0.2) is 51.7 Å². The summed E-state index contributed by atoms with van der Waals surface area (Å²) in [4.78, 5) is 8.72. The lowest BCUT2D eigenvalue weighted by Gasteiger charge is -2.32. The maximum absolute atomic E-state index is 11.8. The Balaban J connectivity index is 1.50. The predicted octanol–water partition coefficient (Wildman–Crippen LogP) is 2.57. The largest absolute Gasteiger partial charge is 0.355 e. The topological polar surface area (TPSA) is 73.8 Å². The molecule has 29 heavy (non-hydrogen) atoms. The molecule has 2 heterocycles. The summed E-state index contributed by atoms with van der Waals surface area (Å²) in [6.07, 6.45) is 2.37. The molecule has 1 aliphatic rings. The van der Waals surface area contributed by atoms with Crippen LogP contribution in [0.5, 0.6) is 0 Å². The van der Waals surface area contributed by atoms with Crippen LogP contribution < -0.4 is 10.6 Å². The zero-order chi connectivity index (χ0) is 21.0. The predicted molar refractivity (Wildman–Crippen MR) is 120 cm³/mol. The minimum Gasteiger partial charge on any atom is -0.355 e. The lowest BCUT2D eigenvalue weighted by atomic mass is 10.1. The summed E-state index contributed by atoms with van der Waals surface area (Å²) in [6.45, 7) is 7.57. The van der Waals surface area contributed by atoms with Gasteiger partial charge in [0.1, 0.15) is 0 Å². The average Bonchev–Trinajstić information content (AvgIpc) is 3.14. The van der Waals surface area contributed by atoms with Crippen LogP contribution in [0.1, 0.15) is 28.5 Å². The number of hydrogen-bond acceptors (Lipinski definition) is 5. The van der Waals surface area contributed by atoms with Gasteiger partial charge in [0.2, 0.25) is 0 Å². The Morgan fingerprint density at radius 3 is 2.79 bits per heavy atom. The van der Waals surface area contributed by atoms with Gasteiger partial charge < -0.3 is 10.6 Å². The van der Waals surface area contributed by atoms with E-state index in [1.54, 1.807) is 13.1 Å². The second kappa shape index (κ2) is 9.28. The Hall–Kier alpha value is -1.90. The van der Waals surface area contributed by atoms with Crippen LogP contribution in [0.2, 0.25) is 0 Å². The molecule has 1 aromatic heterocycles. The van der Waals surface area contributed by atoms with Crippen molar-refractivity contribution >= 4 is 27.1 Å². The molecule has 2 aromatic rings. The summed E-state index contributed by atoms with van der Waals surface area (Å²) < 4.78 is 23.5. The van der Waals surface area contributed by atoms with E-state index in [0.29, 0.717) is 17.5 Å². The third kappa shape index (κ3) is 5.58. The smallest absolute Gasteiger partial charge is 0.191 e. The molecule has 158 valence electrons. The lowest BCUT2D eigenvalue weighted by molar-refractivity contribution is 0.192. The molecule has 0 saturated heterocycles. The molecule has 8 heteroatoms. The van der Waals surface area contributed by atoms with E-state index in [1.807, 2.05) is 30.4 Å². The number of benzene rings is 1. The zero-order valence-corrected chi connectivity index (χ0v) is 19.2. The first-order valence-electron chi connectivity index (χ1n) is 9.81. The molecule has 0 aliphatic carbocycles. The number of nitrogens with zero attached hydrogens (tertiary/aromatic N) is 2. The van der Waals surface area contributed by atoms with E-state index < -0.39 is 9.84 Å². The highest BCUT2D eigenvalue weighted by Crippen LogP contribution is 2.25. The highest BCUT2D eigenvalue weighted by atomic mass is 32.2. The van der Waals surface area contributed by atoms with Crippen LogP contribution >= 0.6 is 11.3 Å². The average molecular weight is 435 g/mol. The molecule has 0 saturated carbocycles. The zero-order valence-electron chi connectivity index (χ0n) is 17.5. The minimum absolute atomic E-state index is 0.382. The number of rotatable bonds is 6. The van der Waals surface area contributed by atoms with Gasteiger partial charge in [-0.15, -0.1) is 11.3 Å². The minimum atomic E-state index is -3.19. The number of aliphatic imine (C=N–C) groups is 1. The monoisotopic (exact) mass is 434 g/mol. The molecule has 0 fully saturated rings. The van der Waals surface area contributed by atoms with Crippen LogP contribution in [0.3, 0.4) is 0 Å². The highest BCUT2D eigenvalue weighted by molar-refractivity contribution is 7.90. The van der Waals surface area contributed by atoms with Crippen LogP contribution in [-0.2, 0) is 29.3 Å². The Morgan fingerprint density at radius 2 is 2.10 bits per heavy atom. The van der Waals surface area contributed by atoms with Gasteiger partial charge in [-0.1, -0.05) is 12.1 Å². The molecule has 1 unspecified atom stereocenters. The van der Waals surface area contributed by atoms with Crippen LogP contribution in [0.4, 0.5) is 0 Å². The summed E-state index contributed by atoms with van der Waals surface area (Å²) >= 11 is 1.86. The van der Waals surface area contributed by atoms with E-state index in [0.717, 1.165) is 43.1 Å². The van der Waals surface area contributed by atoms with Crippen molar-refractivity contribution in [3.63, 3.8) is 0 Å². The standard InChI is InChI=1S/C21H30N4O2S2/c1-15-11-17(5-6-20(15)29(4,26)27)13-24-21(22-3)23-12-16(2)25-9-7-19-18(14-25)8-10-28-19/h5-6,8,10-11,16H,7,9,12-14H2,1-4H3,(H2,22,23,24). The number of thiophene rings is 1. The summed E-state index contributed by atoms with van der Waals surface area (Å²) in [5, 5.41) is 8.91. The van der Waals surface area contributed by atoms with E-state index in [9.17, 15) is 8.42 Å². The van der Waals surface area contributed by atoms with Gasteiger partial charge in [-0.05, 0) is 54.5 Å². The molecule has 1 atom stereocenters. The highest BCUT2D eigenvalue weighted by Gasteiger charge is 2.21. The lowest BCUT2D eigenvalue weighted by Crippen LogP contribution is -2.47. The van der Waals surface area contributed by atoms with Crippen molar-refractivity contribution in [3.05, 3.63) is 51.2 Å². The van der Waals surface area contributed by atoms with Gasteiger partial charge in [0.25, 0.3) is 0 Å². The van der Waals surface area contributed by atoms with Crippen LogP contribution in [0.15, 0.2) is 39.5 Å². The number of aryl methyl sites for hydroxylation is 1. The van der Waals surface area contributed by atoms with E-state index in [1.165, 1.54) is 16.7 Å². The molecule has 0 spiro atoms. The molecule has 1 aliphatic heterocycles. The van der Waals surface area contributed by atoms with Crippen molar-refractivity contribution in [1.82, 2.24) is 15.5 Å². The SMILES string of the molecule is CN=C(NCc1ccc(S(C)(=O)=O)c(C)c1)NCC(C)N1CCc2sccc2C1. The summed E-state index contributed by atoms with van der Waals surface area (Å²) in [6, 6.07) is 8.07. The van der Waals surface area contributed by atoms with Crippen LogP contribution in [0, 0.1) is 6.92 Å². The van der Waals surface area contributed by atoms with Crippen molar-refractivity contribution in [2.24, 2.45) is 4.99 Å². The van der Waals surface area contributed by atoms with Gasteiger partial charge in [0, 0.05) is 50.4 Å². The van der Waals surface area contributed by atoms with Gasteiger partial charge in [-0.2, -0.15) is 0 Å². The second-order valence-corrected chi connectivity index (χ2v) is 10.6. The normalized spacial score (nSPS) is 16.3. The number of sulfone groups is 1. The molecular formula is C21H30N4O2S2. The van der Waals surface area contributed by atoms with Gasteiger partial charge in [0.15, 0.2) is 15.8 Å². The van der Waals surface area contributed by atoms with E-state index in [-0.39, 0.29) is 0 Å². The van der Waals surface area contributed by atoms with Crippen molar-refractivity contribution in [3.8, 4) is 0 Å². The fourth-order valence-electron chi connectivity index (χ4n) is 3.66. The summed E-state index contributed by atoms with van der Waals surface area (Å²) in [5.41, 5.74) is 3.25. The number of nitrogens with one attached hydrogen (secondary N) is 2. The maximum atomic E-state index is 11.8. The summed E-state index contributed by atoms with van der Waals surface area (Å²) in [7, 11) is -1.43. The Bertz CT molecular complexity index is 982. The Morgan fingerprint density at radius 1 is 1.31 bits per heavy atom. The van der Waals surface area contributed by atoms with E-state index in [4.69, 9.17) is 0 Å². The van der Waals surface area contributed by atoms with Crippen molar-refractivity contribution in [1.29, 1.82) is 0 Å². The Labute approximate surface area is 178 Å². The number of guanidine groups is 1. The first-order chi connectivity index (χ1) is 13.8.